The summed E-state index contributed by atoms with van der Waals surface area (Å²) in [5.74, 6) is 0. The zero-order valence-corrected chi connectivity index (χ0v) is 11.5. The van der Waals surface area contributed by atoms with E-state index in [1.807, 2.05) is 12.2 Å². The van der Waals surface area contributed by atoms with Crippen molar-refractivity contribution in [2.75, 3.05) is 20.2 Å². The first-order chi connectivity index (χ1) is 8.72. The van der Waals surface area contributed by atoms with Crippen molar-refractivity contribution in [1.29, 1.82) is 0 Å². The number of hydrogen-bond donors (Lipinski definition) is 1. The molecule has 1 saturated heterocycles. The number of aliphatic hydroxyl groups excluding tert-OH is 1. The summed E-state index contributed by atoms with van der Waals surface area (Å²) < 4.78 is 22.0. The molecular weight excluding hydrogens is 256 g/mol. The van der Waals surface area contributed by atoms with E-state index in [1.54, 1.807) is 13.4 Å². The zero-order chi connectivity index (χ0) is 13.0. The Morgan fingerprint density at radius 2 is 1.83 bits per heavy atom. The average Bonchev–Trinajstić information content (AvgIpc) is 2.77. The smallest absolute Gasteiger partial charge is 0.204 e. The molecule has 0 saturated carbocycles. The molecule has 18 heavy (non-hydrogen) atoms. The molecule has 1 aliphatic carbocycles. The predicted molar refractivity (Wildman–Crippen MR) is 68.2 cm³/mol. The van der Waals surface area contributed by atoms with Crippen molar-refractivity contribution in [3.8, 4) is 0 Å². The van der Waals surface area contributed by atoms with Crippen molar-refractivity contribution in [3.63, 3.8) is 0 Å². The number of hydrogen-bond acceptors (Lipinski definition) is 6. The van der Waals surface area contributed by atoms with Gasteiger partial charge in [-0.15, -0.1) is 11.8 Å². The van der Waals surface area contributed by atoms with Crippen LogP contribution in [0.4, 0.5) is 0 Å². The summed E-state index contributed by atoms with van der Waals surface area (Å²) in [4.78, 5) is 0. The van der Waals surface area contributed by atoms with Gasteiger partial charge in [0.25, 0.3) is 0 Å². The summed E-state index contributed by atoms with van der Waals surface area (Å²) in [6.07, 6.45) is 7.04. The highest BCUT2D eigenvalue weighted by Gasteiger charge is 2.34. The van der Waals surface area contributed by atoms with E-state index < -0.39 is 5.62 Å². The Morgan fingerprint density at radius 3 is 2.44 bits per heavy atom. The van der Waals surface area contributed by atoms with Crippen LogP contribution in [-0.4, -0.2) is 55.3 Å². The Hall–Kier alpha value is -0.110. The quantitative estimate of drug-likeness (QED) is 0.613. The minimum absolute atomic E-state index is 0.00276. The molecule has 5 atom stereocenters. The zero-order valence-electron chi connectivity index (χ0n) is 10.7. The first kappa shape index (κ1) is 14.3. The number of fused-ring (bicyclic) bond motifs is 1. The molecule has 5 nitrogen and oxygen atoms in total. The molecule has 1 aliphatic heterocycles. The van der Waals surface area contributed by atoms with Crippen LogP contribution in [0.15, 0.2) is 12.2 Å². The minimum Gasteiger partial charge on any atom is -0.377 e. The third-order valence-corrected chi connectivity index (χ3v) is 3.76. The summed E-state index contributed by atoms with van der Waals surface area (Å²) >= 11 is 1.26. The van der Waals surface area contributed by atoms with Crippen LogP contribution >= 0.6 is 11.8 Å². The molecular formula is C12H20O5S. The summed E-state index contributed by atoms with van der Waals surface area (Å²) in [6, 6.07) is 0. The van der Waals surface area contributed by atoms with Gasteiger partial charge in [0, 0.05) is 20.0 Å². The molecule has 1 heterocycles. The van der Waals surface area contributed by atoms with Crippen LogP contribution in [0, 0.1) is 0 Å². The maximum absolute atomic E-state index is 9.54. The lowest BCUT2D eigenvalue weighted by molar-refractivity contribution is -0.0766. The fourth-order valence-electron chi connectivity index (χ4n) is 2.21. The van der Waals surface area contributed by atoms with Gasteiger partial charge < -0.3 is 24.1 Å². The van der Waals surface area contributed by atoms with E-state index in [0.29, 0.717) is 13.2 Å². The Balaban J connectivity index is 2.02. The molecule has 0 radical (unpaired) electrons. The van der Waals surface area contributed by atoms with E-state index in [-0.39, 0.29) is 24.4 Å². The largest absolute Gasteiger partial charge is 0.377 e. The number of ether oxygens (including phenoxy) is 4. The van der Waals surface area contributed by atoms with Gasteiger partial charge in [0.15, 0.2) is 0 Å². The highest BCUT2D eigenvalue weighted by atomic mass is 32.2. The molecule has 0 aromatic heterocycles. The molecule has 6 heteroatoms. The van der Waals surface area contributed by atoms with Crippen LogP contribution < -0.4 is 0 Å². The first-order valence-electron chi connectivity index (χ1n) is 6.03. The summed E-state index contributed by atoms with van der Waals surface area (Å²) in [7, 11) is 1.67. The fraction of sp³-hybridized carbons (Fsp3) is 0.833. The molecule has 104 valence electrons. The lowest BCUT2D eigenvalue weighted by Gasteiger charge is -2.27. The van der Waals surface area contributed by atoms with Gasteiger partial charge in [-0.3, -0.25) is 0 Å². The van der Waals surface area contributed by atoms with Crippen LogP contribution in [0.3, 0.4) is 0 Å². The van der Waals surface area contributed by atoms with Crippen LogP contribution in [0.2, 0.25) is 0 Å². The van der Waals surface area contributed by atoms with Gasteiger partial charge in [-0.25, -0.2) is 0 Å². The van der Waals surface area contributed by atoms with Crippen molar-refractivity contribution in [2.45, 2.75) is 42.9 Å². The van der Waals surface area contributed by atoms with E-state index in [9.17, 15) is 5.11 Å². The number of rotatable bonds is 4. The first-order valence-corrected chi connectivity index (χ1v) is 7.32. The second kappa shape index (κ2) is 6.88. The lowest BCUT2D eigenvalue weighted by atomic mass is 9.97. The average molecular weight is 276 g/mol. The van der Waals surface area contributed by atoms with Gasteiger partial charge in [0.05, 0.1) is 24.4 Å². The van der Waals surface area contributed by atoms with E-state index in [0.717, 1.165) is 6.42 Å². The monoisotopic (exact) mass is 276 g/mol. The van der Waals surface area contributed by atoms with E-state index >= 15 is 0 Å². The summed E-state index contributed by atoms with van der Waals surface area (Å²) in [5.41, 5.74) is -0.819. The summed E-state index contributed by atoms with van der Waals surface area (Å²) in [5, 5.41) is 9.54. The Kier molecular flexibility index (Phi) is 5.47. The predicted octanol–water partition coefficient (Wildman–Crippen LogP) is 1.12. The Morgan fingerprint density at radius 1 is 1.22 bits per heavy atom. The van der Waals surface area contributed by atoms with Crippen LogP contribution in [0.5, 0.6) is 0 Å². The molecule has 1 fully saturated rings. The topological polar surface area (TPSA) is 57.2 Å². The van der Waals surface area contributed by atoms with E-state index in [1.165, 1.54) is 11.8 Å². The van der Waals surface area contributed by atoms with Gasteiger partial charge in [0.2, 0.25) is 5.62 Å². The van der Waals surface area contributed by atoms with Gasteiger partial charge >= 0.3 is 0 Å². The second-order valence-electron chi connectivity index (χ2n) is 4.38. The number of aliphatic hydroxyl groups is 1. The molecule has 2 rings (SSSR count). The van der Waals surface area contributed by atoms with Crippen molar-refractivity contribution >= 4 is 11.8 Å². The fourth-order valence-corrected chi connectivity index (χ4v) is 2.47. The maximum Gasteiger partial charge on any atom is 0.204 e. The third-order valence-electron chi connectivity index (χ3n) is 3.24. The molecule has 0 aromatic carbocycles. The SMILES string of the molecule is COC1/C=C/C(OC(O)SC)CC2OCOC2C1. The van der Waals surface area contributed by atoms with E-state index in [2.05, 4.69) is 0 Å². The molecule has 2 aliphatic rings. The molecule has 5 unspecified atom stereocenters. The van der Waals surface area contributed by atoms with Crippen molar-refractivity contribution < 1.29 is 24.1 Å². The highest BCUT2D eigenvalue weighted by molar-refractivity contribution is 7.98. The van der Waals surface area contributed by atoms with Crippen LogP contribution in [-0.2, 0) is 18.9 Å². The summed E-state index contributed by atoms with van der Waals surface area (Å²) in [6.45, 7) is 0.323. The number of thioether (sulfide) groups is 1. The Bertz CT molecular complexity index is 286. The minimum atomic E-state index is -0.819. The standard InChI is InChI=1S/C12H20O5S/c1-14-8-3-4-9(17-12(13)18-2)6-11-10(5-8)15-7-16-11/h3-4,8-13H,5-7H2,1-2H3/b4-3+. The Labute approximate surface area is 111 Å². The third kappa shape index (κ3) is 3.69. The molecule has 0 spiro atoms. The van der Waals surface area contributed by atoms with Crippen LogP contribution in [0.1, 0.15) is 12.8 Å². The van der Waals surface area contributed by atoms with Crippen molar-refractivity contribution in [2.24, 2.45) is 0 Å². The van der Waals surface area contributed by atoms with Gasteiger partial charge in [0.1, 0.15) is 6.79 Å². The van der Waals surface area contributed by atoms with Crippen molar-refractivity contribution in [1.82, 2.24) is 0 Å². The molecule has 0 amide bonds. The van der Waals surface area contributed by atoms with Gasteiger partial charge in [-0.2, -0.15) is 0 Å². The molecule has 1 N–H and O–H groups in total. The molecule has 0 aromatic rings. The van der Waals surface area contributed by atoms with Crippen LogP contribution in [0.25, 0.3) is 0 Å². The van der Waals surface area contributed by atoms with Gasteiger partial charge in [-0.05, 0) is 6.26 Å². The van der Waals surface area contributed by atoms with Crippen molar-refractivity contribution in [3.05, 3.63) is 12.2 Å². The van der Waals surface area contributed by atoms with E-state index in [4.69, 9.17) is 18.9 Å². The lowest BCUT2D eigenvalue weighted by Crippen LogP contribution is -2.34. The number of methoxy groups -OCH3 is 1. The maximum atomic E-state index is 9.54. The normalized spacial score (nSPS) is 39.7. The highest BCUT2D eigenvalue weighted by Crippen LogP contribution is 2.27. The second-order valence-corrected chi connectivity index (χ2v) is 5.25. The van der Waals surface area contributed by atoms with Gasteiger partial charge in [-0.1, -0.05) is 12.2 Å². The molecule has 0 bridgehead atoms.